The number of aromatic nitrogens is 2. The molecule has 0 aromatic carbocycles. The number of nitrogens with zero attached hydrogens (tertiary/aromatic N) is 3. The molecule has 2 heterocycles. The average Bonchev–Trinajstić information content (AvgIpc) is 2.45. The molecule has 0 bridgehead atoms. The molecule has 0 aliphatic carbocycles. The molecule has 6 heteroatoms. The second-order valence-electron chi connectivity index (χ2n) is 4.71. The van der Waals surface area contributed by atoms with Gasteiger partial charge in [-0.15, -0.1) is 0 Å². The highest BCUT2D eigenvalue weighted by Gasteiger charge is 2.24. The van der Waals surface area contributed by atoms with Crippen LogP contribution in [0.4, 0.5) is 5.82 Å². The van der Waals surface area contributed by atoms with Gasteiger partial charge in [0.15, 0.2) is 0 Å². The minimum Gasteiger partial charge on any atom is -0.391 e. The maximum atomic E-state index is 9.41. The lowest BCUT2D eigenvalue weighted by Gasteiger charge is -2.34. The third kappa shape index (κ3) is 3.55. The highest BCUT2D eigenvalue weighted by molar-refractivity contribution is 6.30. The monoisotopic (exact) mass is 285 g/mol. The van der Waals surface area contributed by atoms with Crippen molar-refractivity contribution in [2.45, 2.75) is 38.9 Å². The Morgan fingerprint density at radius 2 is 2.37 bits per heavy atom. The van der Waals surface area contributed by atoms with Crippen molar-refractivity contribution < 1.29 is 9.84 Å². The number of hydrogen-bond donors (Lipinski definition) is 1. The van der Waals surface area contributed by atoms with Crippen LogP contribution < -0.4 is 4.90 Å². The molecule has 0 saturated carbocycles. The fourth-order valence-corrected chi connectivity index (χ4v) is 2.53. The molecule has 106 valence electrons. The Balaban J connectivity index is 2.10. The summed E-state index contributed by atoms with van der Waals surface area (Å²) in [5.41, 5.74) is 0.598. The molecule has 0 spiro atoms. The van der Waals surface area contributed by atoms with Crippen LogP contribution >= 0.6 is 11.6 Å². The Morgan fingerprint density at radius 3 is 3.11 bits per heavy atom. The number of aliphatic hydroxyl groups excluding tert-OH is 1. The Bertz CT molecular complexity index is 417. The maximum absolute atomic E-state index is 9.41. The molecule has 1 aromatic rings. The van der Waals surface area contributed by atoms with Crippen LogP contribution in [0.5, 0.6) is 0 Å². The molecule has 1 saturated heterocycles. The standard InChI is InChI=1S/C13H20ClN3O2/c1-2-6-19-10-4-3-5-17(7-10)13-11(8-18)12(14)15-9-16-13/h9-10,18H,2-8H2,1H3. The molecule has 1 aromatic heterocycles. The van der Waals surface area contributed by atoms with Crippen LogP contribution in [0.1, 0.15) is 31.7 Å². The van der Waals surface area contributed by atoms with E-state index < -0.39 is 0 Å². The van der Waals surface area contributed by atoms with Crippen molar-refractivity contribution >= 4 is 17.4 Å². The van der Waals surface area contributed by atoms with Gasteiger partial charge in [0, 0.05) is 19.7 Å². The van der Waals surface area contributed by atoms with E-state index in [0.29, 0.717) is 10.7 Å². The zero-order chi connectivity index (χ0) is 13.7. The summed E-state index contributed by atoms with van der Waals surface area (Å²) in [5.74, 6) is 0.729. The summed E-state index contributed by atoms with van der Waals surface area (Å²) in [6.45, 7) is 4.45. The van der Waals surface area contributed by atoms with E-state index in [9.17, 15) is 5.11 Å². The largest absolute Gasteiger partial charge is 0.391 e. The van der Waals surface area contributed by atoms with Gasteiger partial charge in [-0.1, -0.05) is 18.5 Å². The first-order valence-electron chi connectivity index (χ1n) is 6.73. The van der Waals surface area contributed by atoms with Crippen molar-refractivity contribution in [2.24, 2.45) is 0 Å². The van der Waals surface area contributed by atoms with Gasteiger partial charge in [-0.05, 0) is 19.3 Å². The van der Waals surface area contributed by atoms with Gasteiger partial charge in [-0.2, -0.15) is 0 Å². The third-order valence-electron chi connectivity index (χ3n) is 3.26. The lowest BCUT2D eigenvalue weighted by atomic mass is 10.1. The normalized spacial score (nSPS) is 19.7. The molecule has 1 atom stereocenters. The molecule has 2 rings (SSSR count). The fourth-order valence-electron chi connectivity index (χ4n) is 2.34. The quantitative estimate of drug-likeness (QED) is 0.839. The number of hydrogen-bond acceptors (Lipinski definition) is 5. The lowest BCUT2D eigenvalue weighted by Crippen LogP contribution is -2.40. The molecule has 1 N–H and O–H groups in total. The molecular weight excluding hydrogens is 266 g/mol. The van der Waals surface area contributed by atoms with Crippen molar-refractivity contribution in [1.82, 2.24) is 9.97 Å². The van der Waals surface area contributed by atoms with E-state index in [-0.39, 0.29) is 12.7 Å². The minimum atomic E-state index is -0.147. The third-order valence-corrected chi connectivity index (χ3v) is 3.59. The Kier molecular flexibility index (Phi) is 5.36. The predicted octanol–water partition coefficient (Wildman–Crippen LogP) is 2.02. The van der Waals surface area contributed by atoms with Crippen molar-refractivity contribution in [3.8, 4) is 0 Å². The first kappa shape index (κ1) is 14.5. The molecule has 1 aliphatic rings. The fraction of sp³-hybridized carbons (Fsp3) is 0.692. The van der Waals surface area contributed by atoms with Gasteiger partial charge >= 0.3 is 0 Å². The zero-order valence-corrected chi connectivity index (χ0v) is 11.9. The highest BCUT2D eigenvalue weighted by atomic mass is 35.5. The first-order chi connectivity index (χ1) is 9.26. The van der Waals surface area contributed by atoms with Crippen molar-refractivity contribution in [3.63, 3.8) is 0 Å². The summed E-state index contributed by atoms with van der Waals surface area (Å²) in [6.07, 6.45) is 4.82. The van der Waals surface area contributed by atoms with Crippen LogP contribution in [0.15, 0.2) is 6.33 Å². The predicted molar refractivity (Wildman–Crippen MR) is 74.4 cm³/mol. The first-order valence-corrected chi connectivity index (χ1v) is 7.10. The van der Waals surface area contributed by atoms with Crippen molar-refractivity contribution in [3.05, 3.63) is 17.0 Å². The van der Waals surface area contributed by atoms with E-state index in [1.54, 1.807) is 0 Å². The number of halogens is 1. The summed E-state index contributed by atoms with van der Waals surface area (Å²) in [4.78, 5) is 10.3. The smallest absolute Gasteiger partial charge is 0.140 e. The number of aliphatic hydroxyl groups is 1. The number of anilines is 1. The topological polar surface area (TPSA) is 58.5 Å². The molecule has 1 unspecified atom stereocenters. The van der Waals surface area contributed by atoms with Crippen LogP contribution in [0, 0.1) is 0 Å². The SMILES string of the molecule is CCCOC1CCCN(c2ncnc(Cl)c2CO)C1. The summed E-state index contributed by atoms with van der Waals surface area (Å²) in [5, 5.41) is 9.74. The van der Waals surface area contributed by atoms with Gasteiger partial charge in [0.1, 0.15) is 17.3 Å². The molecule has 0 amide bonds. The summed E-state index contributed by atoms with van der Waals surface area (Å²) >= 11 is 6.00. The van der Waals surface area contributed by atoms with Crippen LogP contribution in [0.2, 0.25) is 5.15 Å². The molecule has 1 fully saturated rings. The van der Waals surface area contributed by atoms with E-state index >= 15 is 0 Å². The Morgan fingerprint density at radius 1 is 1.53 bits per heavy atom. The van der Waals surface area contributed by atoms with Gasteiger partial charge in [0.25, 0.3) is 0 Å². The number of rotatable bonds is 5. The molecule has 19 heavy (non-hydrogen) atoms. The van der Waals surface area contributed by atoms with Crippen LogP contribution in [0.25, 0.3) is 0 Å². The minimum absolute atomic E-state index is 0.147. The van der Waals surface area contributed by atoms with Gasteiger partial charge in [-0.25, -0.2) is 9.97 Å². The van der Waals surface area contributed by atoms with E-state index in [2.05, 4.69) is 21.8 Å². The van der Waals surface area contributed by atoms with Gasteiger partial charge in [0.2, 0.25) is 0 Å². The zero-order valence-electron chi connectivity index (χ0n) is 11.2. The number of piperidine rings is 1. The summed E-state index contributed by atoms with van der Waals surface area (Å²) in [7, 11) is 0. The molecular formula is C13H20ClN3O2. The average molecular weight is 286 g/mol. The Labute approximate surface area is 118 Å². The van der Waals surface area contributed by atoms with E-state index in [0.717, 1.165) is 44.8 Å². The van der Waals surface area contributed by atoms with Crippen molar-refractivity contribution in [1.29, 1.82) is 0 Å². The maximum Gasteiger partial charge on any atom is 0.140 e. The van der Waals surface area contributed by atoms with Gasteiger partial charge in [-0.3, -0.25) is 0 Å². The lowest BCUT2D eigenvalue weighted by molar-refractivity contribution is 0.0438. The Hall–Kier alpha value is -0.910. The second kappa shape index (κ2) is 7.03. The molecule has 0 radical (unpaired) electrons. The van der Waals surface area contributed by atoms with E-state index in [4.69, 9.17) is 16.3 Å². The van der Waals surface area contributed by atoms with Gasteiger partial charge in [0.05, 0.1) is 18.3 Å². The number of ether oxygens (including phenoxy) is 1. The van der Waals surface area contributed by atoms with Crippen LogP contribution in [-0.4, -0.2) is 40.9 Å². The van der Waals surface area contributed by atoms with Crippen LogP contribution in [-0.2, 0) is 11.3 Å². The molecule has 5 nitrogen and oxygen atoms in total. The molecule has 1 aliphatic heterocycles. The van der Waals surface area contributed by atoms with E-state index in [1.165, 1.54) is 6.33 Å². The second-order valence-corrected chi connectivity index (χ2v) is 5.06. The van der Waals surface area contributed by atoms with Crippen LogP contribution in [0.3, 0.4) is 0 Å². The highest BCUT2D eigenvalue weighted by Crippen LogP contribution is 2.26. The summed E-state index contributed by atoms with van der Waals surface area (Å²) < 4.78 is 5.81. The van der Waals surface area contributed by atoms with E-state index in [1.807, 2.05) is 0 Å². The van der Waals surface area contributed by atoms with Crippen molar-refractivity contribution in [2.75, 3.05) is 24.6 Å². The summed E-state index contributed by atoms with van der Waals surface area (Å²) in [6, 6.07) is 0. The van der Waals surface area contributed by atoms with Gasteiger partial charge < -0.3 is 14.7 Å².